The number of carbonyl (C=O) groups excluding carboxylic acids is 2. The van der Waals surface area contributed by atoms with E-state index in [4.69, 9.17) is 4.74 Å². The van der Waals surface area contributed by atoms with Gasteiger partial charge in [-0.25, -0.2) is 4.79 Å². The summed E-state index contributed by atoms with van der Waals surface area (Å²) in [5, 5.41) is 3.14. The summed E-state index contributed by atoms with van der Waals surface area (Å²) in [4.78, 5) is 24.3. The minimum absolute atomic E-state index is 0.149. The summed E-state index contributed by atoms with van der Waals surface area (Å²) < 4.78 is 47.1. The molecule has 0 aliphatic rings. The first-order valence-electron chi connectivity index (χ1n) is 8.08. The van der Waals surface area contributed by atoms with Gasteiger partial charge in [-0.05, 0) is 18.2 Å². The zero-order valence-corrected chi connectivity index (χ0v) is 14.6. The molecule has 2 aromatic carbocycles. The first kappa shape index (κ1) is 19.3. The molecule has 0 saturated heterocycles. The predicted molar refractivity (Wildman–Crippen MR) is 95.0 cm³/mol. The number of hydrogen-bond acceptors (Lipinski definition) is 4. The molecule has 0 atom stereocenters. The highest BCUT2D eigenvalue weighted by Gasteiger charge is 2.31. The van der Waals surface area contributed by atoms with Gasteiger partial charge in [0.1, 0.15) is 12.3 Å². The third kappa shape index (κ3) is 4.43. The van der Waals surface area contributed by atoms with Crippen molar-refractivity contribution in [2.24, 2.45) is 0 Å². The minimum Gasteiger partial charge on any atom is -0.465 e. The lowest BCUT2D eigenvalue weighted by Gasteiger charge is -2.11. The number of aromatic nitrogens is 1. The lowest BCUT2D eigenvalue weighted by molar-refractivity contribution is -0.274. The van der Waals surface area contributed by atoms with Crippen LogP contribution in [0.5, 0.6) is 5.75 Å². The van der Waals surface area contributed by atoms with E-state index >= 15 is 0 Å². The van der Waals surface area contributed by atoms with Gasteiger partial charge in [0.15, 0.2) is 0 Å². The molecule has 3 aromatic rings. The van der Waals surface area contributed by atoms with Crippen LogP contribution in [0, 0.1) is 0 Å². The summed E-state index contributed by atoms with van der Waals surface area (Å²) in [5.74, 6) is -1.46. The number of carbonyl (C=O) groups is 2. The average Bonchev–Trinajstić information content (AvgIpc) is 2.98. The van der Waals surface area contributed by atoms with Crippen LogP contribution in [0.1, 0.15) is 10.4 Å². The Balaban J connectivity index is 1.79. The molecule has 0 fully saturated rings. The van der Waals surface area contributed by atoms with Crippen LogP contribution in [0.4, 0.5) is 18.9 Å². The standard InChI is InChI=1S/C19H15F3N2O4/c1-27-18(26)15-10-24(16-8-3-2-7-14(15)16)11-17(25)23-12-5-4-6-13(9-12)28-19(20,21)22/h2-10H,11H2,1H3,(H,23,25). The lowest BCUT2D eigenvalue weighted by atomic mass is 10.2. The van der Waals surface area contributed by atoms with E-state index in [0.29, 0.717) is 16.5 Å². The average molecular weight is 392 g/mol. The number of alkyl halides is 3. The molecular weight excluding hydrogens is 377 g/mol. The quantitative estimate of drug-likeness (QED) is 0.668. The molecule has 0 bridgehead atoms. The Bertz CT molecular complexity index is 1030. The molecule has 9 heteroatoms. The van der Waals surface area contributed by atoms with Crippen LogP contribution >= 0.6 is 0 Å². The minimum atomic E-state index is -4.82. The molecule has 146 valence electrons. The molecule has 3 rings (SSSR count). The van der Waals surface area contributed by atoms with Gasteiger partial charge in [-0.3, -0.25) is 4.79 Å². The SMILES string of the molecule is COC(=O)c1cn(CC(=O)Nc2cccc(OC(F)(F)F)c2)c2ccccc12. The molecule has 0 aliphatic heterocycles. The van der Waals surface area contributed by atoms with Crippen molar-refractivity contribution in [3.05, 3.63) is 60.3 Å². The molecule has 0 unspecified atom stereocenters. The molecule has 0 radical (unpaired) electrons. The van der Waals surface area contributed by atoms with E-state index in [2.05, 4.69) is 10.1 Å². The van der Waals surface area contributed by atoms with Crippen LogP contribution in [0.25, 0.3) is 10.9 Å². The normalized spacial score (nSPS) is 11.3. The van der Waals surface area contributed by atoms with Gasteiger partial charge < -0.3 is 19.4 Å². The van der Waals surface area contributed by atoms with Crippen LogP contribution in [0.15, 0.2) is 54.7 Å². The maximum atomic E-state index is 12.4. The number of nitrogens with one attached hydrogen (secondary N) is 1. The molecule has 0 spiro atoms. The molecule has 28 heavy (non-hydrogen) atoms. The van der Waals surface area contributed by atoms with Crippen LogP contribution in [-0.2, 0) is 16.1 Å². The van der Waals surface area contributed by atoms with Gasteiger partial charge in [-0.1, -0.05) is 24.3 Å². The van der Waals surface area contributed by atoms with Crippen molar-refractivity contribution in [2.75, 3.05) is 12.4 Å². The Kier molecular flexibility index (Phi) is 5.25. The van der Waals surface area contributed by atoms with Gasteiger partial charge in [0.25, 0.3) is 0 Å². The van der Waals surface area contributed by atoms with Crippen molar-refractivity contribution in [3.8, 4) is 5.75 Å². The van der Waals surface area contributed by atoms with Gasteiger partial charge in [0.2, 0.25) is 5.91 Å². The molecule has 1 heterocycles. The number of ether oxygens (including phenoxy) is 2. The number of halogens is 3. The van der Waals surface area contributed by atoms with Crippen molar-refractivity contribution >= 4 is 28.5 Å². The van der Waals surface area contributed by atoms with Crippen molar-refractivity contribution < 1.29 is 32.2 Å². The van der Waals surface area contributed by atoms with Crippen LogP contribution in [0.2, 0.25) is 0 Å². The summed E-state index contributed by atoms with van der Waals surface area (Å²) in [6, 6.07) is 12.0. The Hall–Kier alpha value is -3.49. The summed E-state index contributed by atoms with van der Waals surface area (Å²) in [7, 11) is 1.26. The van der Waals surface area contributed by atoms with E-state index in [1.807, 2.05) is 0 Å². The largest absolute Gasteiger partial charge is 0.573 e. The molecule has 6 nitrogen and oxygen atoms in total. The van der Waals surface area contributed by atoms with E-state index in [-0.39, 0.29) is 12.2 Å². The predicted octanol–water partition coefficient (Wildman–Crippen LogP) is 3.97. The fourth-order valence-corrected chi connectivity index (χ4v) is 2.78. The topological polar surface area (TPSA) is 69.6 Å². The van der Waals surface area contributed by atoms with Gasteiger partial charge in [0, 0.05) is 28.9 Å². The third-order valence-electron chi connectivity index (χ3n) is 3.86. The highest BCUT2D eigenvalue weighted by Crippen LogP contribution is 2.25. The lowest BCUT2D eigenvalue weighted by Crippen LogP contribution is -2.19. The van der Waals surface area contributed by atoms with Crippen molar-refractivity contribution in [1.82, 2.24) is 4.57 Å². The maximum absolute atomic E-state index is 12.4. The Morgan fingerprint density at radius 1 is 1.11 bits per heavy atom. The fraction of sp³-hybridized carbons (Fsp3) is 0.158. The highest BCUT2D eigenvalue weighted by atomic mass is 19.4. The zero-order chi connectivity index (χ0) is 20.3. The molecule has 0 aliphatic carbocycles. The molecule has 1 aromatic heterocycles. The monoisotopic (exact) mass is 392 g/mol. The summed E-state index contributed by atoms with van der Waals surface area (Å²) in [6.07, 6.45) is -3.32. The highest BCUT2D eigenvalue weighted by molar-refractivity contribution is 6.05. The number of methoxy groups -OCH3 is 1. The van der Waals surface area contributed by atoms with E-state index in [1.54, 1.807) is 28.8 Å². The molecule has 1 amide bonds. The van der Waals surface area contributed by atoms with Crippen molar-refractivity contribution in [1.29, 1.82) is 0 Å². The zero-order valence-electron chi connectivity index (χ0n) is 14.6. The maximum Gasteiger partial charge on any atom is 0.573 e. The molecule has 1 N–H and O–H groups in total. The molecular formula is C19H15F3N2O4. The van der Waals surface area contributed by atoms with E-state index < -0.39 is 24.0 Å². The second-order valence-corrected chi connectivity index (χ2v) is 5.80. The first-order valence-corrected chi connectivity index (χ1v) is 8.08. The second-order valence-electron chi connectivity index (χ2n) is 5.80. The number of para-hydroxylation sites is 1. The van der Waals surface area contributed by atoms with E-state index in [0.717, 1.165) is 12.1 Å². The van der Waals surface area contributed by atoms with Gasteiger partial charge >= 0.3 is 12.3 Å². The Morgan fingerprint density at radius 3 is 2.57 bits per heavy atom. The third-order valence-corrected chi connectivity index (χ3v) is 3.86. The van der Waals surface area contributed by atoms with Gasteiger partial charge in [-0.15, -0.1) is 13.2 Å². The first-order chi connectivity index (χ1) is 13.3. The van der Waals surface area contributed by atoms with Crippen molar-refractivity contribution in [2.45, 2.75) is 12.9 Å². The van der Waals surface area contributed by atoms with Crippen LogP contribution in [0.3, 0.4) is 0 Å². The summed E-state index contributed by atoms with van der Waals surface area (Å²) >= 11 is 0. The number of hydrogen-bond donors (Lipinski definition) is 1. The number of rotatable bonds is 5. The number of anilines is 1. The number of fused-ring (bicyclic) bond motifs is 1. The smallest absolute Gasteiger partial charge is 0.465 e. The Labute approximate surface area is 157 Å². The molecule has 0 saturated carbocycles. The van der Waals surface area contributed by atoms with E-state index in [1.165, 1.54) is 25.4 Å². The van der Waals surface area contributed by atoms with Crippen LogP contribution < -0.4 is 10.1 Å². The fourth-order valence-electron chi connectivity index (χ4n) is 2.78. The number of nitrogens with zero attached hydrogens (tertiary/aromatic N) is 1. The number of amides is 1. The van der Waals surface area contributed by atoms with Crippen LogP contribution in [-0.4, -0.2) is 29.9 Å². The summed E-state index contributed by atoms with van der Waals surface area (Å²) in [6.45, 7) is -0.151. The van der Waals surface area contributed by atoms with E-state index in [9.17, 15) is 22.8 Å². The summed E-state index contributed by atoms with van der Waals surface area (Å²) in [5.41, 5.74) is 1.11. The van der Waals surface area contributed by atoms with Gasteiger partial charge in [-0.2, -0.15) is 0 Å². The number of benzene rings is 2. The Morgan fingerprint density at radius 2 is 1.86 bits per heavy atom. The second kappa shape index (κ2) is 7.63. The van der Waals surface area contributed by atoms with Crippen molar-refractivity contribution in [3.63, 3.8) is 0 Å². The van der Waals surface area contributed by atoms with Gasteiger partial charge in [0.05, 0.1) is 12.7 Å². The number of esters is 1.